The Morgan fingerprint density at radius 2 is 1.17 bits per heavy atom. The van der Waals surface area contributed by atoms with Crippen LogP contribution in [0.4, 0.5) is 0 Å². The average Bonchev–Trinajstić information content (AvgIpc) is 2.83. The summed E-state index contributed by atoms with van der Waals surface area (Å²) in [4.78, 5) is 25.5. The highest BCUT2D eigenvalue weighted by molar-refractivity contribution is 7.99. The van der Waals surface area contributed by atoms with Crippen LogP contribution in [-0.4, -0.2) is 60.1 Å². The molecule has 0 aliphatic carbocycles. The first kappa shape index (κ1) is 28.5. The molecule has 0 aromatic heterocycles. The molecule has 2 aromatic rings. The molecule has 35 heavy (non-hydrogen) atoms. The molecule has 0 spiro atoms. The number of esters is 2. The molecule has 2 aromatic carbocycles. The number of hydrogen-bond donors (Lipinski definition) is 2. The minimum Gasteiger partial charge on any atom is -0.504 e. The average molecular weight is 525 g/mol. The number of thioether (sulfide) groups is 2. The Labute approximate surface area is 214 Å². The van der Waals surface area contributed by atoms with Gasteiger partial charge in [0.1, 0.15) is 0 Å². The zero-order valence-corrected chi connectivity index (χ0v) is 21.6. The largest absolute Gasteiger partial charge is 0.504 e. The van der Waals surface area contributed by atoms with Gasteiger partial charge in [0.05, 0.1) is 39.3 Å². The number of aromatic hydroxyl groups is 2. The minimum atomic E-state index is -0.315. The summed E-state index contributed by atoms with van der Waals surface area (Å²) in [5.74, 6) is 1.46. The molecule has 0 heterocycles. The van der Waals surface area contributed by atoms with E-state index in [4.69, 9.17) is 18.9 Å². The molecule has 192 valence electrons. The highest BCUT2D eigenvalue weighted by atomic mass is 32.2. The van der Waals surface area contributed by atoms with Gasteiger partial charge in [-0.15, -0.1) is 23.5 Å². The first-order chi connectivity index (χ1) is 16.9. The molecule has 0 aliphatic heterocycles. The van der Waals surface area contributed by atoms with Crippen molar-refractivity contribution in [3.8, 4) is 23.0 Å². The monoisotopic (exact) mass is 524 g/mol. The molecule has 0 amide bonds. The lowest BCUT2D eigenvalue weighted by atomic mass is 10.3. The predicted molar refractivity (Wildman–Crippen MR) is 136 cm³/mol. The Balaban J connectivity index is 1.53. The Hall–Kier alpha value is -2.72. The number of phenols is 2. The third-order valence-electron chi connectivity index (χ3n) is 4.43. The van der Waals surface area contributed by atoms with E-state index in [1.807, 2.05) is 13.8 Å². The molecule has 10 heteroatoms. The van der Waals surface area contributed by atoms with Crippen LogP contribution in [0.3, 0.4) is 0 Å². The molecular weight excluding hydrogens is 492 g/mol. The van der Waals surface area contributed by atoms with Gasteiger partial charge in [-0.3, -0.25) is 9.59 Å². The minimum absolute atomic E-state index is 0.0866. The number of hydrogen-bond acceptors (Lipinski definition) is 10. The highest BCUT2D eigenvalue weighted by Crippen LogP contribution is 2.32. The molecule has 8 nitrogen and oxygen atoms in total. The Morgan fingerprint density at radius 1 is 0.743 bits per heavy atom. The van der Waals surface area contributed by atoms with Gasteiger partial charge in [-0.25, -0.2) is 0 Å². The zero-order chi connectivity index (χ0) is 25.5. The smallest absolute Gasteiger partial charge is 0.306 e. The number of phenolic OH excluding ortho intramolecular Hbond substituents is 2. The van der Waals surface area contributed by atoms with Crippen LogP contribution in [0.1, 0.15) is 33.1 Å². The quantitative estimate of drug-likeness (QED) is 0.176. The van der Waals surface area contributed by atoms with Gasteiger partial charge in [-0.05, 0) is 50.2 Å². The fraction of sp³-hybridized carbons (Fsp3) is 0.440. The van der Waals surface area contributed by atoms with E-state index in [0.29, 0.717) is 42.6 Å². The predicted octanol–water partition coefficient (Wildman–Crippen LogP) is 5.04. The molecule has 0 aliphatic rings. The molecule has 0 saturated heterocycles. The summed E-state index contributed by atoms with van der Waals surface area (Å²) >= 11 is 2.94. The zero-order valence-electron chi connectivity index (χ0n) is 20.0. The fourth-order valence-electron chi connectivity index (χ4n) is 2.79. The SMILES string of the molecule is CCOc1cc(SCCC(=O)OCCCOC(=O)CCSc2ccc(O)c(OCC)c2)ccc1O. The highest BCUT2D eigenvalue weighted by Gasteiger charge is 2.09. The van der Waals surface area contributed by atoms with Crippen molar-refractivity contribution in [1.29, 1.82) is 0 Å². The molecule has 0 unspecified atom stereocenters. The lowest BCUT2D eigenvalue weighted by molar-refractivity contribution is -0.145. The summed E-state index contributed by atoms with van der Waals surface area (Å²) in [5, 5.41) is 19.5. The van der Waals surface area contributed by atoms with Crippen LogP contribution in [-0.2, 0) is 19.1 Å². The van der Waals surface area contributed by atoms with Gasteiger partial charge < -0.3 is 29.2 Å². The summed E-state index contributed by atoms with van der Waals surface area (Å²) in [6.07, 6.45) is 0.923. The number of rotatable bonds is 16. The maximum absolute atomic E-state index is 11.9. The van der Waals surface area contributed by atoms with Crippen molar-refractivity contribution in [3.05, 3.63) is 36.4 Å². The second-order valence-electron chi connectivity index (χ2n) is 7.12. The van der Waals surface area contributed by atoms with Crippen molar-refractivity contribution >= 4 is 35.5 Å². The maximum Gasteiger partial charge on any atom is 0.306 e. The maximum atomic E-state index is 11.9. The molecule has 0 bridgehead atoms. The standard InChI is InChI=1S/C25H32O8S2/c1-3-30-22-16-18(6-8-20(22)26)34-14-10-24(28)32-12-5-13-33-25(29)11-15-35-19-7-9-21(27)23(17-19)31-4-2/h6-9,16-17,26-27H,3-5,10-15H2,1-2H3. The molecule has 2 N–H and O–H groups in total. The van der Waals surface area contributed by atoms with Crippen LogP contribution in [0, 0.1) is 0 Å². The van der Waals surface area contributed by atoms with E-state index in [1.165, 1.54) is 23.5 Å². The van der Waals surface area contributed by atoms with E-state index < -0.39 is 0 Å². The van der Waals surface area contributed by atoms with E-state index >= 15 is 0 Å². The fourth-order valence-corrected chi connectivity index (χ4v) is 4.51. The van der Waals surface area contributed by atoms with Gasteiger partial charge in [-0.1, -0.05) is 0 Å². The van der Waals surface area contributed by atoms with Gasteiger partial charge in [0, 0.05) is 27.7 Å². The lowest BCUT2D eigenvalue weighted by Gasteiger charge is -2.09. The van der Waals surface area contributed by atoms with Crippen LogP contribution in [0.25, 0.3) is 0 Å². The van der Waals surface area contributed by atoms with Gasteiger partial charge in [0.25, 0.3) is 0 Å². The normalized spacial score (nSPS) is 10.6. The Kier molecular flexibility index (Phi) is 13.1. The molecular formula is C25H32O8S2. The first-order valence-corrected chi connectivity index (χ1v) is 13.4. The van der Waals surface area contributed by atoms with Crippen LogP contribution >= 0.6 is 23.5 Å². The van der Waals surface area contributed by atoms with Crippen LogP contribution < -0.4 is 9.47 Å². The van der Waals surface area contributed by atoms with Gasteiger partial charge in [-0.2, -0.15) is 0 Å². The number of benzene rings is 2. The van der Waals surface area contributed by atoms with Gasteiger partial charge in [0.15, 0.2) is 23.0 Å². The molecule has 2 rings (SSSR count). The second kappa shape index (κ2) is 16.0. The van der Waals surface area contributed by atoms with Crippen molar-refractivity contribution in [2.75, 3.05) is 37.9 Å². The number of ether oxygens (including phenoxy) is 4. The van der Waals surface area contributed by atoms with Crippen LogP contribution in [0.5, 0.6) is 23.0 Å². The molecule has 0 fully saturated rings. The first-order valence-electron chi connectivity index (χ1n) is 11.4. The van der Waals surface area contributed by atoms with Crippen LogP contribution in [0.15, 0.2) is 46.2 Å². The van der Waals surface area contributed by atoms with E-state index in [9.17, 15) is 19.8 Å². The second-order valence-corrected chi connectivity index (χ2v) is 9.45. The third kappa shape index (κ3) is 11.0. The van der Waals surface area contributed by atoms with E-state index in [0.717, 1.165) is 9.79 Å². The number of carbonyl (C=O) groups excluding carboxylic acids is 2. The summed E-state index contributed by atoms with van der Waals surface area (Å²) < 4.78 is 21.1. The van der Waals surface area contributed by atoms with E-state index in [1.54, 1.807) is 36.4 Å². The van der Waals surface area contributed by atoms with Crippen molar-refractivity contribution in [3.63, 3.8) is 0 Å². The molecule has 0 atom stereocenters. The molecule has 0 radical (unpaired) electrons. The topological polar surface area (TPSA) is 112 Å². The Morgan fingerprint density at radius 3 is 1.57 bits per heavy atom. The van der Waals surface area contributed by atoms with Crippen LogP contribution in [0.2, 0.25) is 0 Å². The van der Waals surface area contributed by atoms with E-state index in [-0.39, 0.29) is 49.5 Å². The number of carbonyl (C=O) groups is 2. The lowest BCUT2D eigenvalue weighted by Crippen LogP contribution is -2.11. The van der Waals surface area contributed by atoms with E-state index in [2.05, 4.69) is 0 Å². The van der Waals surface area contributed by atoms with Crippen molar-refractivity contribution < 1.29 is 38.7 Å². The summed E-state index contributed by atoms with van der Waals surface area (Å²) in [7, 11) is 0. The summed E-state index contributed by atoms with van der Waals surface area (Å²) in [5.41, 5.74) is 0. The van der Waals surface area contributed by atoms with Gasteiger partial charge >= 0.3 is 11.9 Å². The third-order valence-corrected chi connectivity index (χ3v) is 6.42. The van der Waals surface area contributed by atoms with Crippen molar-refractivity contribution in [1.82, 2.24) is 0 Å². The summed E-state index contributed by atoms with van der Waals surface area (Å²) in [6, 6.07) is 10.1. The van der Waals surface area contributed by atoms with Crippen molar-refractivity contribution in [2.45, 2.75) is 42.9 Å². The summed E-state index contributed by atoms with van der Waals surface area (Å²) in [6.45, 7) is 4.97. The Bertz CT molecular complexity index is 876. The van der Waals surface area contributed by atoms with Crippen molar-refractivity contribution in [2.24, 2.45) is 0 Å². The molecule has 0 saturated carbocycles. The van der Waals surface area contributed by atoms with Gasteiger partial charge in [0.2, 0.25) is 0 Å².